The average Bonchev–Trinajstić information content (AvgIpc) is 2.96. The van der Waals surface area contributed by atoms with Crippen molar-refractivity contribution < 1.29 is 15.0 Å². The summed E-state index contributed by atoms with van der Waals surface area (Å²) in [4.78, 5) is 14.5. The van der Waals surface area contributed by atoms with Crippen LogP contribution in [-0.4, -0.2) is 39.8 Å². The van der Waals surface area contributed by atoms with Gasteiger partial charge < -0.3 is 10.2 Å². The first kappa shape index (κ1) is 14.1. The minimum Gasteiger partial charge on any atom is -0.480 e. The molecule has 0 spiro atoms. The second kappa shape index (κ2) is 5.74. The molecule has 0 aromatic carbocycles. The molecule has 0 bridgehead atoms. The van der Waals surface area contributed by atoms with Crippen LogP contribution in [0.15, 0.2) is 11.4 Å². The number of carboxylic acid groups (broad SMARTS) is 1. The molecular weight excluding hydrogens is 262 g/mol. The monoisotopic (exact) mass is 279 g/mol. The van der Waals surface area contributed by atoms with Gasteiger partial charge in [0.15, 0.2) is 0 Å². The van der Waals surface area contributed by atoms with Gasteiger partial charge in [0.2, 0.25) is 0 Å². The third-order valence-corrected chi connectivity index (χ3v) is 4.48. The van der Waals surface area contributed by atoms with Crippen molar-refractivity contribution >= 4 is 17.3 Å². The molecule has 0 aliphatic carbocycles. The van der Waals surface area contributed by atoms with Crippen LogP contribution >= 0.6 is 11.3 Å². The van der Waals surface area contributed by atoms with Gasteiger partial charge in [0.05, 0.1) is 0 Å². The van der Waals surface area contributed by atoms with E-state index in [1.807, 2.05) is 16.3 Å². The van der Waals surface area contributed by atoms with E-state index in [0.29, 0.717) is 13.0 Å². The molecule has 0 saturated carbocycles. The van der Waals surface area contributed by atoms with E-state index >= 15 is 0 Å². The van der Waals surface area contributed by atoms with Crippen LogP contribution in [0, 0.1) is 11.8 Å². The Balaban J connectivity index is 2.08. The van der Waals surface area contributed by atoms with Gasteiger partial charge in [-0.1, -0.05) is 11.8 Å². The molecule has 4 nitrogen and oxygen atoms in total. The Bertz CT molecular complexity index is 528. The molecule has 2 N–H and O–H groups in total. The van der Waals surface area contributed by atoms with Crippen molar-refractivity contribution in [1.82, 2.24) is 4.90 Å². The molecule has 1 saturated heterocycles. The molecule has 1 aromatic rings. The lowest BCUT2D eigenvalue weighted by atomic mass is 9.99. The molecule has 5 heteroatoms. The number of aliphatic hydroxyl groups is 1. The van der Waals surface area contributed by atoms with Gasteiger partial charge in [-0.25, -0.2) is 0 Å². The molecule has 0 unspecified atom stereocenters. The Hall–Kier alpha value is -1.35. The highest BCUT2D eigenvalue weighted by atomic mass is 32.1. The van der Waals surface area contributed by atoms with Gasteiger partial charge in [0.1, 0.15) is 12.1 Å². The van der Waals surface area contributed by atoms with Crippen LogP contribution in [0.25, 0.3) is 0 Å². The predicted molar refractivity (Wildman–Crippen MR) is 74.0 cm³/mol. The fraction of sp³-hybridized carbons (Fsp3) is 0.500. The molecule has 1 atom stereocenters. The molecule has 19 heavy (non-hydrogen) atoms. The minimum atomic E-state index is -0.749. The van der Waals surface area contributed by atoms with Gasteiger partial charge in [-0.3, -0.25) is 9.69 Å². The zero-order chi connectivity index (χ0) is 13.9. The second-order valence-corrected chi connectivity index (χ2v) is 5.86. The van der Waals surface area contributed by atoms with Crippen LogP contribution in [0.3, 0.4) is 0 Å². The van der Waals surface area contributed by atoms with Gasteiger partial charge in [-0.05, 0) is 32.4 Å². The summed E-state index contributed by atoms with van der Waals surface area (Å²) in [6.45, 7) is 3.11. The zero-order valence-corrected chi connectivity index (χ0v) is 11.7. The molecule has 2 heterocycles. The normalized spacial score (nSPS) is 23.1. The van der Waals surface area contributed by atoms with E-state index in [1.165, 1.54) is 0 Å². The van der Waals surface area contributed by atoms with Crippen molar-refractivity contribution in [1.29, 1.82) is 0 Å². The van der Waals surface area contributed by atoms with Crippen molar-refractivity contribution in [3.05, 3.63) is 21.9 Å². The molecule has 1 aliphatic rings. The Morgan fingerprint density at radius 3 is 3.11 bits per heavy atom. The number of hydrogen-bond acceptors (Lipinski definition) is 4. The first-order chi connectivity index (χ1) is 9.06. The van der Waals surface area contributed by atoms with Crippen molar-refractivity contribution in [3.63, 3.8) is 0 Å². The summed E-state index contributed by atoms with van der Waals surface area (Å²) in [7, 11) is 0. The molecule has 1 aromatic heterocycles. The third kappa shape index (κ3) is 2.98. The predicted octanol–water partition coefficient (Wildman–Crippen LogP) is 1.53. The lowest BCUT2D eigenvalue weighted by molar-refractivity contribution is -0.148. The van der Waals surface area contributed by atoms with E-state index in [4.69, 9.17) is 5.11 Å². The van der Waals surface area contributed by atoms with Crippen LogP contribution in [-0.2, 0) is 11.3 Å². The maximum absolute atomic E-state index is 11.4. The lowest BCUT2D eigenvalue weighted by Crippen LogP contribution is -2.47. The van der Waals surface area contributed by atoms with E-state index < -0.39 is 11.5 Å². The number of thiophene rings is 1. The maximum atomic E-state index is 11.4. The smallest absolute Gasteiger partial charge is 0.323 e. The van der Waals surface area contributed by atoms with Crippen LogP contribution in [0.5, 0.6) is 0 Å². The van der Waals surface area contributed by atoms with Crippen molar-refractivity contribution in [2.45, 2.75) is 31.8 Å². The number of carbonyl (C=O) groups is 1. The average molecular weight is 279 g/mol. The summed E-state index contributed by atoms with van der Waals surface area (Å²) in [5, 5.41) is 19.9. The van der Waals surface area contributed by atoms with E-state index in [9.17, 15) is 9.90 Å². The van der Waals surface area contributed by atoms with Crippen LogP contribution in [0.2, 0.25) is 0 Å². The fourth-order valence-electron chi connectivity index (χ4n) is 2.37. The Morgan fingerprint density at radius 1 is 1.63 bits per heavy atom. The quantitative estimate of drug-likeness (QED) is 0.824. The molecule has 102 valence electrons. The van der Waals surface area contributed by atoms with E-state index in [2.05, 4.69) is 11.8 Å². The first-order valence-electron chi connectivity index (χ1n) is 6.22. The lowest BCUT2D eigenvalue weighted by Gasteiger charge is -2.30. The Morgan fingerprint density at radius 2 is 2.42 bits per heavy atom. The fourth-order valence-corrected chi connectivity index (χ4v) is 3.20. The van der Waals surface area contributed by atoms with Crippen molar-refractivity contribution in [2.75, 3.05) is 13.2 Å². The molecule has 0 amide bonds. The van der Waals surface area contributed by atoms with Crippen molar-refractivity contribution in [3.8, 4) is 11.8 Å². The van der Waals surface area contributed by atoms with Gasteiger partial charge in [-0.15, -0.1) is 11.3 Å². The van der Waals surface area contributed by atoms with Crippen LogP contribution in [0.1, 0.15) is 30.2 Å². The number of aliphatic hydroxyl groups excluding tert-OH is 1. The van der Waals surface area contributed by atoms with E-state index in [1.54, 1.807) is 18.3 Å². The topological polar surface area (TPSA) is 60.8 Å². The van der Waals surface area contributed by atoms with E-state index in [0.717, 1.165) is 23.4 Å². The first-order valence-corrected chi connectivity index (χ1v) is 7.10. The van der Waals surface area contributed by atoms with Crippen LogP contribution in [0.4, 0.5) is 0 Å². The van der Waals surface area contributed by atoms with Gasteiger partial charge >= 0.3 is 5.97 Å². The summed E-state index contributed by atoms with van der Waals surface area (Å²) in [5.74, 6) is 4.72. The van der Waals surface area contributed by atoms with Gasteiger partial charge in [0.25, 0.3) is 0 Å². The maximum Gasteiger partial charge on any atom is 0.323 e. The molecule has 1 aliphatic heterocycles. The highest BCUT2D eigenvalue weighted by molar-refractivity contribution is 7.10. The third-order valence-electron chi connectivity index (χ3n) is 3.56. The summed E-state index contributed by atoms with van der Waals surface area (Å²) in [6.07, 6.45) is 1.62. The summed E-state index contributed by atoms with van der Waals surface area (Å²) < 4.78 is 0. The summed E-state index contributed by atoms with van der Waals surface area (Å²) in [5.41, 5.74) is 0.131. The SMILES string of the molecule is C[C@@]1(C(=O)O)CCCN1Cc1cc(C#CCO)cs1. The van der Waals surface area contributed by atoms with Crippen LogP contribution < -0.4 is 0 Å². The van der Waals surface area contributed by atoms with Crippen molar-refractivity contribution in [2.24, 2.45) is 0 Å². The van der Waals surface area contributed by atoms with E-state index in [-0.39, 0.29) is 6.61 Å². The molecule has 1 fully saturated rings. The Kier molecular flexibility index (Phi) is 4.25. The molecular formula is C14H17NO3S. The largest absolute Gasteiger partial charge is 0.480 e. The zero-order valence-electron chi connectivity index (χ0n) is 10.8. The minimum absolute atomic E-state index is 0.144. The number of nitrogens with zero attached hydrogens (tertiary/aromatic N) is 1. The number of aliphatic carboxylic acids is 1. The highest BCUT2D eigenvalue weighted by Crippen LogP contribution is 2.31. The number of rotatable bonds is 3. The summed E-state index contributed by atoms with van der Waals surface area (Å²) >= 11 is 1.58. The highest BCUT2D eigenvalue weighted by Gasteiger charge is 2.43. The summed E-state index contributed by atoms with van der Waals surface area (Å²) in [6, 6.07) is 1.97. The van der Waals surface area contributed by atoms with Gasteiger partial charge in [0, 0.05) is 22.4 Å². The standard InChI is InChI=1S/C14H17NO3S/c1-14(13(17)18)5-3-6-15(14)9-12-8-11(10-19-12)4-2-7-16/h8,10,16H,3,5-7,9H2,1H3,(H,17,18)/t14-/m0/s1. The Labute approximate surface area is 116 Å². The second-order valence-electron chi connectivity index (χ2n) is 4.87. The number of carboxylic acids is 1. The molecule has 0 radical (unpaired) electrons. The number of likely N-dealkylation sites (tertiary alicyclic amines) is 1. The molecule has 2 rings (SSSR count). The number of hydrogen-bond donors (Lipinski definition) is 2. The van der Waals surface area contributed by atoms with Gasteiger partial charge in [-0.2, -0.15) is 0 Å².